The van der Waals surface area contributed by atoms with Crippen molar-refractivity contribution in [1.29, 1.82) is 0 Å². The van der Waals surface area contributed by atoms with E-state index in [1.54, 1.807) is 0 Å². The molecule has 0 aliphatic heterocycles. The molecule has 1 aliphatic rings. The Morgan fingerprint density at radius 2 is 1.63 bits per heavy atom. The summed E-state index contributed by atoms with van der Waals surface area (Å²) >= 11 is 0. The first-order chi connectivity index (χ1) is 9.16. The molecule has 1 heteroatoms. The van der Waals surface area contributed by atoms with Crippen molar-refractivity contribution < 1.29 is 4.79 Å². The second-order valence-corrected chi connectivity index (χ2v) is 5.43. The quantitative estimate of drug-likeness (QED) is 0.728. The number of hydrogen-bond donors (Lipinski definition) is 0. The Labute approximate surface area is 114 Å². The van der Waals surface area contributed by atoms with Crippen LogP contribution in [0.4, 0.5) is 0 Å². The zero-order valence-corrected chi connectivity index (χ0v) is 11.5. The summed E-state index contributed by atoms with van der Waals surface area (Å²) in [5, 5.41) is 0. The summed E-state index contributed by atoms with van der Waals surface area (Å²) in [5.74, 6) is 0.301. The van der Waals surface area contributed by atoms with E-state index in [9.17, 15) is 4.79 Å². The first-order valence-corrected chi connectivity index (χ1v) is 6.89. The van der Waals surface area contributed by atoms with Crippen LogP contribution in [-0.4, -0.2) is 5.78 Å². The Balaban J connectivity index is 2.23. The maximum atomic E-state index is 12.0. The average molecular weight is 250 g/mol. The number of carbonyl (C=O) groups excluding carboxylic acids is 1. The zero-order chi connectivity index (χ0) is 13.4. The predicted octanol–water partition coefficient (Wildman–Crippen LogP) is 4.49. The fourth-order valence-corrected chi connectivity index (χ4v) is 2.97. The van der Waals surface area contributed by atoms with Crippen LogP contribution in [0.5, 0.6) is 0 Å². The van der Waals surface area contributed by atoms with Crippen molar-refractivity contribution in [3.63, 3.8) is 0 Å². The van der Waals surface area contributed by atoms with Gasteiger partial charge in [0.05, 0.1) is 0 Å². The molecule has 0 saturated carbocycles. The molecule has 3 rings (SSSR count). The van der Waals surface area contributed by atoms with Gasteiger partial charge in [-0.15, -0.1) is 0 Å². The molecular weight excluding hydrogens is 232 g/mol. The minimum atomic E-state index is 0.301. The highest BCUT2D eigenvalue weighted by Crippen LogP contribution is 2.34. The van der Waals surface area contributed by atoms with Gasteiger partial charge in [-0.3, -0.25) is 4.79 Å². The lowest BCUT2D eigenvalue weighted by Gasteiger charge is -2.20. The lowest BCUT2D eigenvalue weighted by molar-refractivity contribution is 0.0972. The number of hydrogen-bond acceptors (Lipinski definition) is 1. The molecule has 0 radical (unpaired) electrons. The van der Waals surface area contributed by atoms with Crippen LogP contribution in [0.25, 0.3) is 11.1 Å². The van der Waals surface area contributed by atoms with Gasteiger partial charge in [0.25, 0.3) is 0 Å². The molecule has 1 aliphatic carbocycles. The van der Waals surface area contributed by atoms with Crippen molar-refractivity contribution >= 4 is 5.78 Å². The largest absolute Gasteiger partial charge is 0.294 e. The molecule has 0 N–H and O–H groups in total. The summed E-state index contributed by atoms with van der Waals surface area (Å²) < 4.78 is 0. The SMILES string of the molecule is Cc1ccc(-c2c(C)ccc3c2CCCC3=O)cc1. The number of carbonyl (C=O) groups is 1. The van der Waals surface area contributed by atoms with Gasteiger partial charge in [0.1, 0.15) is 0 Å². The molecule has 0 heterocycles. The van der Waals surface area contributed by atoms with Crippen LogP contribution in [0.2, 0.25) is 0 Å². The van der Waals surface area contributed by atoms with Gasteiger partial charge in [0, 0.05) is 12.0 Å². The molecule has 0 spiro atoms. The molecule has 96 valence electrons. The molecule has 2 aromatic rings. The van der Waals surface area contributed by atoms with Crippen LogP contribution < -0.4 is 0 Å². The standard InChI is InChI=1S/C18H18O/c1-12-6-9-14(10-7-12)18-13(2)8-11-15-16(18)4-3-5-17(15)19/h6-11H,3-5H2,1-2H3. The number of benzene rings is 2. The normalized spacial score (nSPS) is 14.3. The van der Waals surface area contributed by atoms with E-state index in [2.05, 4.69) is 44.2 Å². The second-order valence-electron chi connectivity index (χ2n) is 5.43. The van der Waals surface area contributed by atoms with Gasteiger partial charge in [0.2, 0.25) is 0 Å². The van der Waals surface area contributed by atoms with E-state index in [-0.39, 0.29) is 0 Å². The van der Waals surface area contributed by atoms with Crippen LogP contribution in [0.3, 0.4) is 0 Å². The van der Waals surface area contributed by atoms with Crippen molar-refractivity contribution in [2.24, 2.45) is 0 Å². The predicted molar refractivity (Wildman–Crippen MR) is 78.6 cm³/mol. The highest BCUT2D eigenvalue weighted by atomic mass is 16.1. The number of fused-ring (bicyclic) bond motifs is 1. The summed E-state index contributed by atoms with van der Waals surface area (Å²) in [5.41, 5.74) is 7.22. The summed E-state index contributed by atoms with van der Waals surface area (Å²) in [6, 6.07) is 12.7. The number of Topliss-reactive ketones (excluding diaryl/α,β-unsaturated/α-hetero) is 1. The Morgan fingerprint density at radius 1 is 0.895 bits per heavy atom. The van der Waals surface area contributed by atoms with Crippen LogP contribution in [-0.2, 0) is 6.42 Å². The van der Waals surface area contributed by atoms with Crippen molar-refractivity contribution in [3.8, 4) is 11.1 Å². The van der Waals surface area contributed by atoms with Crippen LogP contribution in [0.1, 0.15) is 39.9 Å². The highest BCUT2D eigenvalue weighted by Gasteiger charge is 2.21. The highest BCUT2D eigenvalue weighted by molar-refractivity contribution is 6.00. The first-order valence-electron chi connectivity index (χ1n) is 6.89. The maximum absolute atomic E-state index is 12.0. The topological polar surface area (TPSA) is 17.1 Å². The van der Waals surface area contributed by atoms with E-state index in [4.69, 9.17) is 0 Å². The summed E-state index contributed by atoms with van der Waals surface area (Å²) in [6.07, 6.45) is 2.70. The number of aryl methyl sites for hydroxylation is 2. The third-order valence-corrected chi connectivity index (χ3v) is 3.99. The van der Waals surface area contributed by atoms with E-state index in [0.29, 0.717) is 12.2 Å². The van der Waals surface area contributed by atoms with E-state index in [1.165, 1.54) is 27.8 Å². The average Bonchev–Trinajstić information content (AvgIpc) is 2.40. The van der Waals surface area contributed by atoms with E-state index in [1.807, 2.05) is 6.07 Å². The van der Waals surface area contributed by atoms with Gasteiger partial charge in [-0.1, -0.05) is 42.0 Å². The third-order valence-electron chi connectivity index (χ3n) is 3.99. The molecule has 0 amide bonds. The summed E-state index contributed by atoms with van der Waals surface area (Å²) in [7, 11) is 0. The molecular formula is C18H18O. The molecule has 0 saturated heterocycles. The second kappa shape index (κ2) is 4.65. The molecule has 2 aromatic carbocycles. The summed E-state index contributed by atoms with van der Waals surface area (Å²) in [6.45, 7) is 4.23. The van der Waals surface area contributed by atoms with Gasteiger partial charge in [-0.05, 0) is 48.9 Å². The molecule has 19 heavy (non-hydrogen) atoms. The Hall–Kier alpha value is -1.89. The van der Waals surface area contributed by atoms with Gasteiger partial charge in [0.15, 0.2) is 5.78 Å². The van der Waals surface area contributed by atoms with Crippen LogP contribution in [0.15, 0.2) is 36.4 Å². The van der Waals surface area contributed by atoms with Crippen LogP contribution in [0, 0.1) is 13.8 Å². The van der Waals surface area contributed by atoms with Crippen molar-refractivity contribution in [1.82, 2.24) is 0 Å². The van der Waals surface area contributed by atoms with E-state index < -0.39 is 0 Å². The molecule has 0 atom stereocenters. The Morgan fingerprint density at radius 3 is 2.37 bits per heavy atom. The smallest absolute Gasteiger partial charge is 0.163 e. The van der Waals surface area contributed by atoms with Gasteiger partial charge in [-0.2, -0.15) is 0 Å². The van der Waals surface area contributed by atoms with Gasteiger partial charge in [-0.25, -0.2) is 0 Å². The fraction of sp³-hybridized carbons (Fsp3) is 0.278. The molecule has 1 nitrogen and oxygen atoms in total. The maximum Gasteiger partial charge on any atom is 0.163 e. The Kier molecular flexibility index (Phi) is 2.98. The minimum Gasteiger partial charge on any atom is -0.294 e. The van der Waals surface area contributed by atoms with Gasteiger partial charge < -0.3 is 0 Å². The molecule has 0 aromatic heterocycles. The van der Waals surface area contributed by atoms with Crippen LogP contribution >= 0.6 is 0 Å². The lowest BCUT2D eigenvalue weighted by Crippen LogP contribution is -2.12. The van der Waals surface area contributed by atoms with Crippen molar-refractivity contribution in [3.05, 3.63) is 58.7 Å². The molecule has 0 fully saturated rings. The first kappa shape index (κ1) is 12.2. The number of rotatable bonds is 1. The molecule has 0 bridgehead atoms. The lowest BCUT2D eigenvalue weighted by atomic mass is 9.83. The Bertz CT molecular complexity index is 635. The van der Waals surface area contributed by atoms with E-state index >= 15 is 0 Å². The zero-order valence-electron chi connectivity index (χ0n) is 11.5. The van der Waals surface area contributed by atoms with Crippen molar-refractivity contribution in [2.75, 3.05) is 0 Å². The molecule has 0 unspecified atom stereocenters. The van der Waals surface area contributed by atoms with E-state index in [0.717, 1.165) is 18.4 Å². The fourth-order valence-electron chi connectivity index (χ4n) is 2.97. The monoisotopic (exact) mass is 250 g/mol. The minimum absolute atomic E-state index is 0.301. The number of ketones is 1. The van der Waals surface area contributed by atoms with Crippen molar-refractivity contribution in [2.45, 2.75) is 33.1 Å². The van der Waals surface area contributed by atoms with Gasteiger partial charge >= 0.3 is 0 Å². The summed E-state index contributed by atoms with van der Waals surface area (Å²) in [4.78, 5) is 12.0. The third kappa shape index (κ3) is 2.10.